The molecule has 0 spiro atoms. The molecule has 1 aromatic heterocycles. The second-order valence-electron chi connectivity index (χ2n) is 3.96. The first-order valence-electron chi connectivity index (χ1n) is 5.30. The molecule has 7 heteroatoms. The molecule has 0 saturated heterocycles. The van der Waals surface area contributed by atoms with Gasteiger partial charge in [0.2, 0.25) is 0 Å². The van der Waals surface area contributed by atoms with Gasteiger partial charge in [0.15, 0.2) is 9.84 Å². The first-order valence-corrected chi connectivity index (χ1v) is 7.01. The summed E-state index contributed by atoms with van der Waals surface area (Å²) in [6, 6.07) is 4.46. The van der Waals surface area contributed by atoms with Crippen LogP contribution in [0.4, 0.5) is 0 Å². The van der Waals surface area contributed by atoms with Crippen molar-refractivity contribution in [1.82, 2.24) is 10.3 Å². The van der Waals surface area contributed by atoms with E-state index < -0.39 is 15.8 Å². The minimum atomic E-state index is -3.08. The number of aromatic nitrogens is 1. The highest BCUT2D eigenvalue weighted by atomic mass is 32.2. The van der Waals surface area contributed by atoms with E-state index in [9.17, 15) is 13.2 Å². The molecule has 1 aromatic rings. The summed E-state index contributed by atoms with van der Waals surface area (Å²) >= 11 is 0. The third-order valence-electron chi connectivity index (χ3n) is 2.50. The standard InChI is InChI=1S/C11H12N2O4S/c14-11(15)10-3-1-2-8(13-10)6-12-9-4-5-18(16,17)7-9/h1-5,9,12H,6-7H2,(H,14,15). The van der Waals surface area contributed by atoms with Crippen LogP contribution in [0.3, 0.4) is 0 Å². The number of pyridine rings is 1. The van der Waals surface area contributed by atoms with Crippen molar-refractivity contribution >= 4 is 15.8 Å². The Labute approximate surface area is 104 Å². The highest BCUT2D eigenvalue weighted by Crippen LogP contribution is 2.08. The average Bonchev–Trinajstić information content (AvgIpc) is 2.67. The van der Waals surface area contributed by atoms with Crippen molar-refractivity contribution in [1.29, 1.82) is 0 Å². The van der Waals surface area contributed by atoms with Crippen LogP contribution in [0.25, 0.3) is 0 Å². The number of nitrogens with one attached hydrogen (secondary N) is 1. The van der Waals surface area contributed by atoms with Gasteiger partial charge in [-0.25, -0.2) is 18.2 Å². The van der Waals surface area contributed by atoms with E-state index in [2.05, 4.69) is 10.3 Å². The van der Waals surface area contributed by atoms with Gasteiger partial charge in [0.25, 0.3) is 0 Å². The second kappa shape index (κ2) is 4.87. The van der Waals surface area contributed by atoms with Gasteiger partial charge in [0.1, 0.15) is 5.69 Å². The summed E-state index contributed by atoms with van der Waals surface area (Å²) in [7, 11) is -3.08. The molecule has 0 saturated carbocycles. The van der Waals surface area contributed by atoms with Gasteiger partial charge in [-0.3, -0.25) is 0 Å². The quantitative estimate of drug-likeness (QED) is 0.808. The predicted molar refractivity (Wildman–Crippen MR) is 64.8 cm³/mol. The Morgan fingerprint density at radius 2 is 2.28 bits per heavy atom. The van der Waals surface area contributed by atoms with Gasteiger partial charge in [-0.15, -0.1) is 0 Å². The van der Waals surface area contributed by atoms with Gasteiger partial charge < -0.3 is 10.4 Å². The maximum atomic E-state index is 11.2. The molecule has 0 bridgehead atoms. The maximum Gasteiger partial charge on any atom is 0.354 e. The third kappa shape index (κ3) is 3.14. The zero-order chi connectivity index (χ0) is 13.2. The van der Waals surface area contributed by atoms with Gasteiger partial charge in [0.05, 0.1) is 11.4 Å². The van der Waals surface area contributed by atoms with Crippen LogP contribution in [-0.2, 0) is 16.4 Å². The van der Waals surface area contributed by atoms with Crippen molar-refractivity contribution in [3.8, 4) is 0 Å². The molecule has 2 N–H and O–H groups in total. The number of hydrogen-bond acceptors (Lipinski definition) is 5. The Hall–Kier alpha value is -1.73. The minimum absolute atomic E-state index is 0.0242. The van der Waals surface area contributed by atoms with Crippen molar-refractivity contribution in [2.45, 2.75) is 12.6 Å². The largest absolute Gasteiger partial charge is 0.477 e. The molecule has 6 nitrogen and oxygen atoms in total. The average molecular weight is 268 g/mol. The molecule has 96 valence electrons. The molecule has 0 aromatic carbocycles. The molecule has 0 radical (unpaired) electrons. The number of hydrogen-bond donors (Lipinski definition) is 2. The maximum absolute atomic E-state index is 11.2. The Morgan fingerprint density at radius 1 is 1.50 bits per heavy atom. The summed E-state index contributed by atoms with van der Waals surface area (Å²) in [4.78, 5) is 14.7. The zero-order valence-corrected chi connectivity index (χ0v) is 10.2. The van der Waals surface area contributed by atoms with Crippen molar-refractivity contribution in [2.75, 3.05) is 5.75 Å². The lowest BCUT2D eigenvalue weighted by atomic mass is 10.2. The zero-order valence-electron chi connectivity index (χ0n) is 9.41. The van der Waals surface area contributed by atoms with E-state index >= 15 is 0 Å². The summed E-state index contributed by atoms with van der Waals surface area (Å²) in [6.45, 7) is 0.325. The first-order chi connectivity index (χ1) is 8.46. The minimum Gasteiger partial charge on any atom is -0.477 e. The number of carboxylic acids is 1. The number of sulfone groups is 1. The fourth-order valence-corrected chi connectivity index (χ4v) is 2.91. The van der Waals surface area contributed by atoms with E-state index in [4.69, 9.17) is 5.11 Å². The number of aromatic carboxylic acids is 1. The fourth-order valence-electron chi connectivity index (χ4n) is 1.64. The van der Waals surface area contributed by atoms with E-state index in [1.807, 2.05) is 0 Å². The van der Waals surface area contributed by atoms with E-state index in [0.717, 1.165) is 0 Å². The van der Waals surface area contributed by atoms with Crippen molar-refractivity contribution in [2.24, 2.45) is 0 Å². The highest BCUT2D eigenvalue weighted by molar-refractivity contribution is 7.94. The SMILES string of the molecule is O=C(O)c1cccc(CNC2C=CS(=O)(=O)C2)n1. The van der Waals surface area contributed by atoms with Crippen LogP contribution in [0.5, 0.6) is 0 Å². The smallest absolute Gasteiger partial charge is 0.354 e. The van der Waals surface area contributed by atoms with Gasteiger partial charge in [-0.05, 0) is 12.1 Å². The highest BCUT2D eigenvalue weighted by Gasteiger charge is 2.21. The van der Waals surface area contributed by atoms with Crippen LogP contribution in [0.2, 0.25) is 0 Å². The summed E-state index contributed by atoms with van der Waals surface area (Å²) in [5.41, 5.74) is 0.538. The van der Waals surface area contributed by atoms with Crippen molar-refractivity contribution < 1.29 is 18.3 Å². The molecule has 1 aliphatic heterocycles. The molecule has 2 rings (SSSR count). The van der Waals surface area contributed by atoms with Crippen molar-refractivity contribution in [3.63, 3.8) is 0 Å². The van der Waals surface area contributed by atoms with E-state index in [1.165, 1.54) is 11.5 Å². The normalized spacial score (nSPS) is 21.0. The van der Waals surface area contributed by atoms with E-state index in [-0.39, 0.29) is 17.5 Å². The lowest BCUT2D eigenvalue weighted by Crippen LogP contribution is -2.29. The number of carboxylic acid groups (broad SMARTS) is 1. The Bertz CT molecular complexity index is 595. The van der Waals surface area contributed by atoms with E-state index in [0.29, 0.717) is 12.2 Å². The molecular weight excluding hydrogens is 256 g/mol. The summed E-state index contributed by atoms with van der Waals surface area (Å²) in [5.74, 6) is -1.05. The molecule has 1 atom stereocenters. The van der Waals surface area contributed by atoms with Crippen LogP contribution < -0.4 is 5.32 Å². The van der Waals surface area contributed by atoms with Crippen LogP contribution in [0, 0.1) is 0 Å². The van der Waals surface area contributed by atoms with Crippen LogP contribution >= 0.6 is 0 Å². The van der Waals surface area contributed by atoms with Crippen LogP contribution in [-0.4, -0.2) is 36.3 Å². The molecule has 1 aliphatic rings. The number of carbonyl (C=O) groups is 1. The number of rotatable bonds is 4. The van der Waals surface area contributed by atoms with Gasteiger partial charge >= 0.3 is 5.97 Å². The Kier molecular flexibility index (Phi) is 3.44. The lowest BCUT2D eigenvalue weighted by Gasteiger charge is -2.09. The fraction of sp³-hybridized carbons (Fsp3) is 0.273. The van der Waals surface area contributed by atoms with Crippen molar-refractivity contribution in [3.05, 3.63) is 41.1 Å². The van der Waals surface area contributed by atoms with Crippen LogP contribution in [0.15, 0.2) is 29.7 Å². The monoisotopic (exact) mass is 268 g/mol. The van der Waals surface area contributed by atoms with Gasteiger partial charge in [0, 0.05) is 18.0 Å². The summed E-state index contributed by atoms with van der Waals surface area (Å²) in [5, 5.41) is 13.0. The molecular formula is C11H12N2O4S. The molecule has 0 amide bonds. The van der Waals surface area contributed by atoms with Crippen LogP contribution in [0.1, 0.15) is 16.2 Å². The third-order valence-corrected chi connectivity index (χ3v) is 3.90. The molecule has 18 heavy (non-hydrogen) atoms. The lowest BCUT2D eigenvalue weighted by molar-refractivity contribution is 0.0690. The first kappa shape index (κ1) is 12.7. The summed E-state index contributed by atoms with van der Waals surface area (Å²) in [6.07, 6.45) is 1.58. The molecule has 1 unspecified atom stereocenters. The van der Waals surface area contributed by atoms with Gasteiger partial charge in [-0.2, -0.15) is 0 Å². The molecule has 2 heterocycles. The summed E-state index contributed by atoms with van der Waals surface area (Å²) < 4.78 is 22.4. The molecule has 0 fully saturated rings. The topological polar surface area (TPSA) is 96.4 Å². The van der Waals surface area contributed by atoms with E-state index in [1.54, 1.807) is 18.2 Å². The molecule has 0 aliphatic carbocycles. The predicted octanol–water partition coefficient (Wildman–Crippen LogP) is 0.180. The van der Waals surface area contributed by atoms with Gasteiger partial charge in [-0.1, -0.05) is 12.1 Å². The Balaban J connectivity index is 1.97. The number of nitrogens with zero attached hydrogens (tertiary/aromatic N) is 1. The second-order valence-corrected chi connectivity index (χ2v) is 5.90. The Morgan fingerprint density at radius 3 is 2.89 bits per heavy atom.